The highest BCUT2D eigenvalue weighted by molar-refractivity contribution is 7.22. The van der Waals surface area contributed by atoms with E-state index in [1.807, 2.05) is 53.9 Å². The van der Waals surface area contributed by atoms with Gasteiger partial charge in [0.1, 0.15) is 0 Å². The molecule has 4 nitrogen and oxygen atoms in total. The van der Waals surface area contributed by atoms with Gasteiger partial charge in [-0.05, 0) is 47.2 Å². The second-order valence-corrected chi connectivity index (χ2v) is 9.38. The number of rotatable bonds is 4. The van der Waals surface area contributed by atoms with Gasteiger partial charge in [-0.25, -0.2) is 9.97 Å². The molecule has 3 aromatic heterocycles. The largest absolute Gasteiger partial charge is 0.298 e. The molecule has 1 amide bonds. The Hall–Kier alpha value is -3.09. The number of hydrogen-bond acceptors (Lipinski definition) is 5. The lowest BCUT2D eigenvalue weighted by molar-refractivity contribution is 0.102. The molecule has 1 N–H and O–H groups in total. The maximum atomic E-state index is 13.2. The molecule has 5 aromatic rings. The van der Waals surface area contributed by atoms with E-state index in [1.165, 1.54) is 16.9 Å². The lowest BCUT2D eigenvalue weighted by Gasteiger charge is -2.08. The van der Waals surface area contributed by atoms with Crippen molar-refractivity contribution in [1.82, 2.24) is 9.97 Å². The molecule has 0 aliphatic heterocycles. The molecule has 5 rings (SSSR count). The molecule has 3 heterocycles. The number of aromatic nitrogens is 2. The van der Waals surface area contributed by atoms with Crippen molar-refractivity contribution < 1.29 is 4.79 Å². The Balaban J connectivity index is 1.54. The van der Waals surface area contributed by atoms with Gasteiger partial charge in [0, 0.05) is 5.39 Å². The van der Waals surface area contributed by atoms with Crippen molar-refractivity contribution in [1.29, 1.82) is 0 Å². The summed E-state index contributed by atoms with van der Waals surface area (Å²) in [5, 5.41) is 6.46. The summed E-state index contributed by atoms with van der Waals surface area (Å²) in [7, 11) is 0. The third-order valence-electron chi connectivity index (χ3n) is 5.03. The van der Waals surface area contributed by atoms with Gasteiger partial charge in [0.2, 0.25) is 0 Å². The minimum atomic E-state index is -0.172. The van der Waals surface area contributed by atoms with E-state index >= 15 is 0 Å². The number of thiophene rings is 1. The van der Waals surface area contributed by atoms with Crippen molar-refractivity contribution in [3.63, 3.8) is 0 Å². The fourth-order valence-electron chi connectivity index (χ4n) is 3.43. The summed E-state index contributed by atoms with van der Waals surface area (Å²) in [5.41, 5.74) is 4.38. The summed E-state index contributed by atoms with van der Waals surface area (Å²) in [6.45, 7) is 4.34. The van der Waals surface area contributed by atoms with E-state index in [9.17, 15) is 4.79 Å². The number of hydrogen-bond donors (Lipinski definition) is 1. The first-order valence-corrected chi connectivity index (χ1v) is 11.4. The van der Waals surface area contributed by atoms with E-state index < -0.39 is 0 Å². The van der Waals surface area contributed by atoms with Gasteiger partial charge >= 0.3 is 0 Å². The molecule has 0 saturated carbocycles. The molecule has 6 heteroatoms. The minimum Gasteiger partial charge on any atom is -0.298 e. The fraction of sp³-hybridized carbons (Fsp3) is 0.125. The first-order chi connectivity index (χ1) is 14.6. The van der Waals surface area contributed by atoms with E-state index in [4.69, 9.17) is 4.98 Å². The molecule has 0 unspecified atom stereocenters. The number of nitrogens with zero attached hydrogens (tertiary/aromatic N) is 2. The minimum absolute atomic E-state index is 0.172. The third-order valence-corrected chi connectivity index (χ3v) is 6.86. The van der Waals surface area contributed by atoms with Crippen molar-refractivity contribution in [2.45, 2.75) is 19.8 Å². The van der Waals surface area contributed by atoms with Gasteiger partial charge in [-0.2, -0.15) is 0 Å². The van der Waals surface area contributed by atoms with Crippen LogP contribution in [0.25, 0.3) is 31.7 Å². The Morgan fingerprint density at radius 2 is 1.83 bits per heavy atom. The molecule has 0 atom stereocenters. The Bertz CT molecular complexity index is 1370. The van der Waals surface area contributed by atoms with Gasteiger partial charge in [-0.3, -0.25) is 10.1 Å². The van der Waals surface area contributed by atoms with Crippen LogP contribution in [0.1, 0.15) is 35.7 Å². The Kier molecular flexibility index (Phi) is 4.81. The van der Waals surface area contributed by atoms with E-state index in [1.54, 1.807) is 11.3 Å². The number of anilines is 1. The fourth-order valence-corrected chi connectivity index (χ4v) is 5.03. The highest BCUT2D eigenvalue weighted by Crippen LogP contribution is 2.31. The van der Waals surface area contributed by atoms with Crippen LogP contribution in [0.15, 0.2) is 66.0 Å². The summed E-state index contributed by atoms with van der Waals surface area (Å²) in [5.74, 6) is 0.281. The molecule has 0 fully saturated rings. The normalized spacial score (nSPS) is 11.4. The molecule has 30 heavy (non-hydrogen) atoms. The van der Waals surface area contributed by atoms with Crippen LogP contribution >= 0.6 is 22.7 Å². The molecule has 0 aliphatic carbocycles. The van der Waals surface area contributed by atoms with Crippen LogP contribution in [0.2, 0.25) is 0 Å². The molecule has 0 aliphatic rings. The van der Waals surface area contributed by atoms with Crippen molar-refractivity contribution >= 4 is 54.8 Å². The molecule has 0 radical (unpaired) electrons. The first-order valence-electron chi connectivity index (χ1n) is 9.74. The van der Waals surface area contributed by atoms with Gasteiger partial charge < -0.3 is 0 Å². The first kappa shape index (κ1) is 18.9. The van der Waals surface area contributed by atoms with Crippen LogP contribution in [-0.4, -0.2) is 15.9 Å². The second kappa shape index (κ2) is 7.63. The topological polar surface area (TPSA) is 54.9 Å². The maximum Gasteiger partial charge on any atom is 0.258 e. The molecule has 2 aromatic carbocycles. The number of carbonyl (C=O) groups excluding carboxylic acids is 1. The van der Waals surface area contributed by atoms with Gasteiger partial charge in [-0.1, -0.05) is 55.5 Å². The molecular formula is C24H19N3OS2. The molecular weight excluding hydrogens is 410 g/mol. The Morgan fingerprint density at radius 1 is 0.967 bits per heavy atom. The Labute approximate surface area is 182 Å². The van der Waals surface area contributed by atoms with E-state index in [-0.39, 0.29) is 5.91 Å². The number of para-hydroxylation sites is 1. The van der Waals surface area contributed by atoms with Crippen LogP contribution in [-0.2, 0) is 0 Å². The molecule has 148 valence electrons. The zero-order valence-corrected chi connectivity index (χ0v) is 18.2. The van der Waals surface area contributed by atoms with Gasteiger partial charge in [-0.15, -0.1) is 11.3 Å². The summed E-state index contributed by atoms with van der Waals surface area (Å²) < 4.78 is 1.08. The van der Waals surface area contributed by atoms with Crippen LogP contribution < -0.4 is 5.32 Å². The van der Waals surface area contributed by atoms with E-state index in [2.05, 4.69) is 36.3 Å². The van der Waals surface area contributed by atoms with Gasteiger partial charge in [0.05, 0.1) is 31.9 Å². The molecule has 0 bridgehead atoms. The number of carbonyl (C=O) groups is 1. The summed E-state index contributed by atoms with van der Waals surface area (Å²) >= 11 is 3.11. The number of thiazole rings is 1. The van der Waals surface area contributed by atoms with Gasteiger partial charge in [0.25, 0.3) is 5.91 Å². The van der Waals surface area contributed by atoms with Crippen molar-refractivity contribution in [2.75, 3.05) is 5.32 Å². The highest BCUT2D eigenvalue weighted by Gasteiger charge is 2.16. The zero-order chi connectivity index (χ0) is 20.7. The predicted molar refractivity (Wildman–Crippen MR) is 127 cm³/mol. The average Bonchev–Trinajstić information content (AvgIpc) is 3.41. The maximum absolute atomic E-state index is 13.2. The monoisotopic (exact) mass is 429 g/mol. The number of pyridine rings is 1. The van der Waals surface area contributed by atoms with Crippen LogP contribution in [0.3, 0.4) is 0 Å². The van der Waals surface area contributed by atoms with Crippen LogP contribution in [0, 0.1) is 0 Å². The smallest absolute Gasteiger partial charge is 0.258 e. The molecule has 0 saturated heterocycles. The predicted octanol–water partition coefficient (Wildman–Crippen LogP) is 6.95. The van der Waals surface area contributed by atoms with E-state index in [0.717, 1.165) is 31.7 Å². The summed E-state index contributed by atoms with van der Waals surface area (Å²) in [6.07, 6.45) is 0. The second-order valence-electron chi connectivity index (χ2n) is 7.40. The lowest BCUT2D eigenvalue weighted by Crippen LogP contribution is -2.12. The summed E-state index contributed by atoms with van der Waals surface area (Å²) in [4.78, 5) is 23.6. The van der Waals surface area contributed by atoms with Crippen molar-refractivity contribution in [2.24, 2.45) is 0 Å². The van der Waals surface area contributed by atoms with Crippen LogP contribution in [0.4, 0.5) is 5.13 Å². The zero-order valence-electron chi connectivity index (χ0n) is 16.5. The van der Waals surface area contributed by atoms with Crippen LogP contribution in [0.5, 0.6) is 0 Å². The quantitative estimate of drug-likeness (QED) is 0.336. The Morgan fingerprint density at radius 3 is 2.63 bits per heavy atom. The number of fused-ring (bicyclic) bond motifs is 2. The number of nitrogens with one attached hydrogen (secondary N) is 1. The number of benzene rings is 2. The number of amides is 1. The standard InChI is InChI=1S/C24H19N3OS2/c1-14(2)15-9-10-19-22(12-15)30-24(26-19)27-23(28)17-13-20(21-8-5-11-29-21)25-18-7-4-3-6-16(17)18/h3-14H,1-2H3,(H,26,27,28). The third kappa shape index (κ3) is 3.49. The van der Waals surface area contributed by atoms with Crippen molar-refractivity contribution in [3.8, 4) is 10.6 Å². The highest BCUT2D eigenvalue weighted by atomic mass is 32.1. The van der Waals surface area contributed by atoms with Gasteiger partial charge in [0.15, 0.2) is 5.13 Å². The SMILES string of the molecule is CC(C)c1ccc2nc(NC(=O)c3cc(-c4cccs4)nc4ccccc34)sc2c1. The average molecular weight is 430 g/mol. The molecule has 0 spiro atoms. The van der Waals surface area contributed by atoms with E-state index in [0.29, 0.717) is 16.6 Å². The van der Waals surface area contributed by atoms with Crippen molar-refractivity contribution in [3.05, 3.63) is 77.2 Å². The lowest BCUT2D eigenvalue weighted by atomic mass is 10.0. The summed E-state index contributed by atoms with van der Waals surface area (Å²) in [6, 6.07) is 19.9.